The highest BCUT2D eigenvalue weighted by Gasteiger charge is 2.30. The van der Waals surface area contributed by atoms with E-state index in [1.165, 1.54) is 12.1 Å². The second-order valence-corrected chi connectivity index (χ2v) is 4.42. The lowest BCUT2D eigenvalue weighted by Crippen LogP contribution is -2.03. The average molecular weight is 279 g/mol. The molecule has 0 atom stereocenters. The number of alkyl halides is 3. The molecule has 1 aromatic heterocycles. The molecule has 0 amide bonds. The molecule has 0 unspecified atom stereocenters. The van der Waals surface area contributed by atoms with Gasteiger partial charge in [-0.15, -0.1) is 0 Å². The minimum absolute atomic E-state index is 0.0345. The van der Waals surface area contributed by atoms with E-state index in [0.29, 0.717) is 16.3 Å². The highest BCUT2D eigenvalue weighted by molar-refractivity contribution is 6.13. The first-order valence-electron chi connectivity index (χ1n) is 5.73. The van der Waals surface area contributed by atoms with Crippen LogP contribution < -0.4 is 0 Å². The number of aromatic carboxylic acids is 1. The molecule has 2 aromatic carbocycles. The Morgan fingerprint density at radius 2 is 1.85 bits per heavy atom. The van der Waals surface area contributed by atoms with Crippen molar-refractivity contribution in [3.05, 3.63) is 47.5 Å². The van der Waals surface area contributed by atoms with Crippen molar-refractivity contribution < 1.29 is 23.1 Å². The summed E-state index contributed by atoms with van der Waals surface area (Å²) in [6.07, 6.45) is -4.43. The van der Waals surface area contributed by atoms with Gasteiger partial charge in [0, 0.05) is 16.3 Å². The van der Waals surface area contributed by atoms with Crippen LogP contribution in [0, 0.1) is 0 Å². The van der Waals surface area contributed by atoms with Gasteiger partial charge in [0.25, 0.3) is 0 Å². The standard InChI is InChI=1S/C14H8F3NO2/c15-14(16,17)7-4-5-8-9-2-1-3-10(13(19)20)12(9)18-11(8)6-7/h1-6,18H,(H,19,20). The number of hydrogen-bond acceptors (Lipinski definition) is 1. The number of carboxylic acid groups (broad SMARTS) is 1. The van der Waals surface area contributed by atoms with Crippen molar-refractivity contribution in [3.8, 4) is 0 Å². The Kier molecular flexibility index (Phi) is 2.50. The van der Waals surface area contributed by atoms with Crippen LogP contribution in [0.4, 0.5) is 13.2 Å². The van der Waals surface area contributed by atoms with Crippen molar-refractivity contribution in [3.63, 3.8) is 0 Å². The third-order valence-electron chi connectivity index (χ3n) is 3.19. The molecule has 2 N–H and O–H groups in total. The van der Waals surface area contributed by atoms with Gasteiger partial charge < -0.3 is 10.1 Å². The molecule has 1 heterocycles. The molecule has 0 aliphatic rings. The van der Waals surface area contributed by atoms with Crippen molar-refractivity contribution in [1.82, 2.24) is 4.98 Å². The maximum absolute atomic E-state index is 12.7. The third kappa shape index (κ3) is 1.80. The van der Waals surface area contributed by atoms with Gasteiger partial charge in [-0.05, 0) is 18.2 Å². The van der Waals surface area contributed by atoms with Crippen LogP contribution in [0.25, 0.3) is 21.8 Å². The number of aromatic nitrogens is 1. The molecule has 3 aromatic rings. The zero-order valence-corrected chi connectivity index (χ0v) is 9.95. The summed E-state index contributed by atoms with van der Waals surface area (Å²) in [5, 5.41) is 10.2. The van der Waals surface area contributed by atoms with Crippen LogP contribution in [0.5, 0.6) is 0 Å². The van der Waals surface area contributed by atoms with Gasteiger partial charge in [0.15, 0.2) is 0 Å². The average Bonchev–Trinajstić information content (AvgIpc) is 2.74. The number of halogens is 3. The zero-order valence-electron chi connectivity index (χ0n) is 9.95. The first-order valence-corrected chi connectivity index (χ1v) is 5.73. The Balaban J connectivity index is 2.36. The number of para-hydroxylation sites is 1. The molecule has 3 rings (SSSR count). The number of carbonyl (C=O) groups is 1. The summed E-state index contributed by atoms with van der Waals surface area (Å²) in [4.78, 5) is 13.9. The summed E-state index contributed by atoms with van der Waals surface area (Å²) >= 11 is 0. The van der Waals surface area contributed by atoms with Crippen LogP contribution in [0.3, 0.4) is 0 Å². The summed E-state index contributed by atoms with van der Waals surface area (Å²) in [6.45, 7) is 0. The number of hydrogen-bond donors (Lipinski definition) is 2. The number of aromatic amines is 1. The lowest BCUT2D eigenvalue weighted by Gasteiger charge is -2.05. The second-order valence-electron chi connectivity index (χ2n) is 4.42. The Bertz CT molecular complexity index is 833. The molecule has 0 saturated carbocycles. The van der Waals surface area contributed by atoms with Crippen LogP contribution in [0.2, 0.25) is 0 Å². The van der Waals surface area contributed by atoms with E-state index in [9.17, 15) is 18.0 Å². The van der Waals surface area contributed by atoms with E-state index in [-0.39, 0.29) is 11.1 Å². The largest absolute Gasteiger partial charge is 0.478 e. The highest BCUT2D eigenvalue weighted by Crippen LogP contribution is 2.34. The third-order valence-corrected chi connectivity index (χ3v) is 3.19. The minimum atomic E-state index is -4.43. The van der Waals surface area contributed by atoms with Gasteiger partial charge in [-0.25, -0.2) is 4.79 Å². The maximum atomic E-state index is 12.7. The quantitative estimate of drug-likeness (QED) is 0.706. The van der Waals surface area contributed by atoms with Gasteiger partial charge in [-0.2, -0.15) is 13.2 Å². The minimum Gasteiger partial charge on any atom is -0.478 e. The first kappa shape index (κ1) is 12.5. The summed E-state index contributed by atoms with van der Waals surface area (Å²) in [5.74, 6) is -1.13. The van der Waals surface area contributed by atoms with Crippen LogP contribution in [0.1, 0.15) is 15.9 Å². The fraction of sp³-hybridized carbons (Fsp3) is 0.0714. The molecule has 0 spiro atoms. The van der Waals surface area contributed by atoms with E-state index in [2.05, 4.69) is 4.98 Å². The molecule has 6 heteroatoms. The molecule has 102 valence electrons. The van der Waals surface area contributed by atoms with Crippen molar-refractivity contribution in [2.45, 2.75) is 6.18 Å². The molecule has 3 nitrogen and oxygen atoms in total. The monoisotopic (exact) mass is 279 g/mol. The van der Waals surface area contributed by atoms with E-state index in [0.717, 1.165) is 12.1 Å². The predicted molar refractivity (Wildman–Crippen MR) is 67.8 cm³/mol. The van der Waals surface area contributed by atoms with Gasteiger partial charge >= 0.3 is 12.1 Å². The predicted octanol–water partition coefficient (Wildman–Crippen LogP) is 4.04. The molecule has 0 fully saturated rings. The van der Waals surface area contributed by atoms with Crippen LogP contribution in [0.15, 0.2) is 36.4 Å². The molecule has 0 aliphatic carbocycles. The van der Waals surface area contributed by atoms with Gasteiger partial charge in [0.2, 0.25) is 0 Å². The van der Waals surface area contributed by atoms with E-state index >= 15 is 0 Å². The van der Waals surface area contributed by atoms with Crippen LogP contribution in [-0.4, -0.2) is 16.1 Å². The van der Waals surface area contributed by atoms with Crippen LogP contribution in [-0.2, 0) is 6.18 Å². The van der Waals surface area contributed by atoms with E-state index in [4.69, 9.17) is 5.11 Å². The number of carboxylic acids is 1. The van der Waals surface area contributed by atoms with Gasteiger partial charge in [0.05, 0.1) is 16.6 Å². The van der Waals surface area contributed by atoms with Crippen molar-refractivity contribution in [2.75, 3.05) is 0 Å². The van der Waals surface area contributed by atoms with Gasteiger partial charge in [-0.1, -0.05) is 18.2 Å². The van der Waals surface area contributed by atoms with Gasteiger partial charge in [0.1, 0.15) is 0 Å². The zero-order chi connectivity index (χ0) is 14.5. The highest BCUT2D eigenvalue weighted by atomic mass is 19.4. The Hall–Kier alpha value is -2.50. The molecule has 20 heavy (non-hydrogen) atoms. The molecular formula is C14H8F3NO2. The molecule has 0 aliphatic heterocycles. The molecule has 0 saturated heterocycles. The SMILES string of the molecule is O=C(O)c1cccc2c1[nH]c1cc(C(F)(F)F)ccc12. The number of H-pyrrole nitrogens is 1. The molecule has 0 radical (unpaired) electrons. The summed E-state index contributed by atoms with van der Waals surface area (Å²) < 4.78 is 38.0. The van der Waals surface area contributed by atoms with Crippen molar-refractivity contribution in [2.24, 2.45) is 0 Å². The van der Waals surface area contributed by atoms with E-state index in [1.807, 2.05) is 0 Å². The first-order chi connectivity index (χ1) is 9.38. The van der Waals surface area contributed by atoms with Crippen molar-refractivity contribution in [1.29, 1.82) is 0 Å². The fourth-order valence-electron chi connectivity index (χ4n) is 2.28. The number of rotatable bonds is 1. The lowest BCUT2D eigenvalue weighted by atomic mass is 10.1. The number of fused-ring (bicyclic) bond motifs is 3. The second kappa shape index (κ2) is 4.00. The molecule has 0 bridgehead atoms. The lowest BCUT2D eigenvalue weighted by molar-refractivity contribution is -0.137. The van der Waals surface area contributed by atoms with Crippen molar-refractivity contribution >= 4 is 27.8 Å². The molecular weight excluding hydrogens is 271 g/mol. The smallest absolute Gasteiger partial charge is 0.416 e. The van der Waals surface area contributed by atoms with E-state index in [1.54, 1.807) is 12.1 Å². The summed E-state index contributed by atoms with van der Waals surface area (Å²) in [7, 11) is 0. The van der Waals surface area contributed by atoms with Gasteiger partial charge in [-0.3, -0.25) is 0 Å². The summed E-state index contributed by atoms with van der Waals surface area (Å²) in [5.41, 5.74) is -0.140. The Morgan fingerprint density at radius 1 is 1.10 bits per heavy atom. The fourth-order valence-corrected chi connectivity index (χ4v) is 2.28. The Morgan fingerprint density at radius 3 is 2.50 bits per heavy atom. The Labute approximate surface area is 110 Å². The topological polar surface area (TPSA) is 53.1 Å². The summed E-state index contributed by atoms with van der Waals surface area (Å²) in [6, 6.07) is 7.97. The maximum Gasteiger partial charge on any atom is 0.416 e. The number of benzene rings is 2. The number of nitrogens with one attached hydrogen (secondary N) is 1. The van der Waals surface area contributed by atoms with Crippen LogP contribution >= 0.6 is 0 Å². The normalized spacial score (nSPS) is 12.2. The van der Waals surface area contributed by atoms with E-state index < -0.39 is 17.7 Å².